The zero-order valence-corrected chi connectivity index (χ0v) is 8.10. The van der Waals surface area contributed by atoms with Crippen LogP contribution in [0.2, 0.25) is 0 Å². The highest BCUT2D eigenvalue weighted by atomic mass is 16.5. The number of nitrogens with zero attached hydrogens (tertiary/aromatic N) is 3. The maximum absolute atomic E-state index is 5.30. The zero-order chi connectivity index (χ0) is 9.26. The highest BCUT2D eigenvalue weighted by molar-refractivity contribution is 4.88. The molecule has 1 aliphatic carbocycles. The Kier molecular flexibility index (Phi) is 2.31. The van der Waals surface area contributed by atoms with Crippen LogP contribution >= 0.6 is 0 Å². The van der Waals surface area contributed by atoms with E-state index in [1.165, 1.54) is 0 Å². The van der Waals surface area contributed by atoms with Crippen LogP contribution < -0.4 is 0 Å². The van der Waals surface area contributed by atoms with E-state index < -0.39 is 0 Å². The summed E-state index contributed by atoms with van der Waals surface area (Å²) in [6.07, 6.45) is 5.51. The molecule has 0 N–H and O–H groups in total. The summed E-state index contributed by atoms with van der Waals surface area (Å²) in [7, 11) is 1.77. The number of rotatable bonds is 2. The minimum absolute atomic E-state index is 0.399. The second kappa shape index (κ2) is 3.46. The Balaban J connectivity index is 2.03. The van der Waals surface area contributed by atoms with Gasteiger partial charge in [-0.3, -0.25) is 0 Å². The first-order valence-corrected chi connectivity index (χ1v) is 4.71. The van der Waals surface area contributed by atoms with Crippen molar-refractivity contribution in [2.45, 2.75) is 38.3 Å². The van der Waals surface area contributed by atoms with Crippen molar-refractivity contribution in [3.8, 4) is 0 Å². The molecule has 1 aromatic rings. The molecule has 0 saturated heterocycles. The number of hydrogen-bond acceptors (Lipinski definition) is 3. The van der Waals surface area contributed by atoms with Gasteiger partial charge in [-0.05, 0) is 26.2 Å². The molecule has 72 valence electrons. The second-order valence-electron chi connectivity index (χ2n) is 3.63. The van der Waals surface area contributed by atoms with E-state index in [0.717, 1.165) is 25.0 Å². The summed E-state index contributed by atoms with van der Waals surface area (Å²) >= 11 is 0. The maximum atomic E-state index is 5.30. The summed E-state index contributed by atoms with van der Waals surface area (Å²) < 4.78 is 5.30. The normalized spacial score (nSPS) is 28.2. The summed E-state index contributed by atoms with van der Waals surface area (Å²) in [6.45, 7) is 1.96. The fraction of sp³-hybridized carbons (Fsp3) is 0.778. The van der Waals surface area contributed by atoms with Gasteiger partial charge in [0.05, 0.1) is 24.0 Å². The van der Waals surface area contributed by atoms with Crippen molar-refractivity contribution in [3.05, 3.63) is 11.9 Å². The van der Waals surface area contributed by atoms with Crippen LogP contribution in [0.5, 0.6) is 0 Å². The molecule has 0 radical (unpaired) electrons. The third-order valence-corrected chi connectivity index (χ3v) is 2.64. The van der Waals surface area contributed by atoms with Gasteiger partial charge in [-0.15, -0.1) is 0 Å². The minimum Gasteiger partial charge on any atom is -0.381 e. The Hall–Kier alpha value is -0.900. The molecule has 2 unspecified atom stereocenters. The van der Waals surface area contributed by atoms with E-state index in [-0.39, 0.29) is 0 Å². The summed E-state index contributed by atoms with van der Waals surface area (Å²) in [4.78, 5) is 1.83. The van der Waals surface area contributed by atoms with Crippen LogP contribution in [-0.4, -0.2) is 28.2 Å². The molecule has 1 aliphatic rings. The van der Waals surface area contributed by atoms with Gasteiger partial charge >= 0.3 is 0 Å². The average Bonchev–Trinajstić information content (AvgIpc) is 2.71. The van der Waals surface area contributed by atoms with Crippen molar-refractivity contribution >= 4 is 0 Å². The molecule has 2 atom stereocenters. The van der Waals surface area contributed by atoms with Gasteiger partial charge in [0.2, 0.25) is 0 Å². The molecule has 0 amide bonds. The van der Waals surface area contributed by atoms with E-state index in [9.17, 15) is 0 Å². The monoisotopic (exact) mass is 181 g/mol. The fourth-order valence-corrected chi connectivity index (χ4v) is 1.87. The zero-order valence-electron chi connectivity index (χ0n) is 8.10. The first-order chi connectivity index (χ1) is 6.29. The van der Waals surface area contributed by atoms with Crippen LogP contribution in [0.4, 0.5) is 0 Å². The lowest BCUT2D eigenvalue weighted by Crippen LogP contribution is -2.11. The SMILES string of the molecule is COC1CCC(n2ncc(C)n2)C1. The Morgan fingerprint density at radius 2 is 2.38 bits per heavy atom. The number of ether oxygens (including phenoxy) is 1. The Morgan fingerprint density at radius 3 is 2.92 bits per heavy atom. The van der Waals surface area contributed by atoms with Gasteiger partial charge in [0.25, 0.3) is 0 Å². The molecule has 1 fully saturated rings. The lowest BCUT2D eigenvalue weighted by atomic mass is 10.3. The van der Waals surface area contributed by atoms with E-state index in [1.54, 1.807) is 13.3 Å². The summed E-state index contributed by atoms with van der Waals surface area (Å²) in [6, 6.07) is 0.443. The highest BCUT2D eigenvalue weighted by Crippen LogP contribution is 2.30. The highest BCUT2D eigenvalue weighted by Gasteiger charge is 2.26. The first kappa shape index (κ1) is 8.69. The number of aromatic nitrogens is 3. The van der Waals surface area contributed by atoms with Crippen LogP contribution in [0.3, 0.4) is 0 Å². The fourth-order valence-electron chi connectivity index (χ4n) is 1.87. The van der Waals surface area contributed by atoms with Crippen LogP contribution in [-0.2, 0) is 4.74 Å². The van der Waals surface area contributed by atoms with Crippen LogP contribution in [0.1, 0.15) is 31.0 Å². The molecule has 0 bridgehead atoms. The predicted octanol–water partition coefficient (Wildman–Crippen LogP) is 1.33. The third-order valence-electron chi connectivity index (χ3n) is 2.64. The molecule has 0 spiro atoms. The topological polar surface area (TPSA) is 39.9 Å². The molecule has 4 nitrogen and oxygen atoms in total. The van der Waals surface area contributed by atoms with Gasteiger partial charge in [-0.1, -0.05) is 0 Å². The molecule has 2 rings (SSSR count). The molecular weight excluding hydrogens is 166 g/mol. The number of aryl methyl sites for hydroxylation is 1. The van der Waals surface area contributed by atoms with Gasteiger partial charge in [0.15, 0.2) is 0 Å². The van der Waals surface area contributed by atoms with E-state index in [2.05, 4.69) is 10.2 Å². The van der Waals surface area contributed by atoms with Crippen LogP contribution in [0.25, 0.3) is 0 Å². The lowest BCUT2D eigenvalue weighted by Gasteiger charge is -2.08. The van der Waals surface area contributed by atoms with Crippen molar-refractivity contribution in [2.24, 2.45) is 0 Å². The van der Waals surface area contributed by atoms with E-state index in [1.807, 2.05) is 11.7 Å². The van der Waals surface area contributed by atoms with Gasteiger partial charge in [0.1, 0.15) is 0 Å². The summed E-state index contributed by atoms with van der Waals surface area (Å²) in [5, 5.41) is 8.53. The van der Waals surface area contributed by atoms with Gasteiger partial charge in [0, 0.05) is 7.11 Å². The van der Waals surface area contributed by atoms with Crippen LogP contribution in [0, 0.1) is 6.92 Å². The summed E-state index contributed by atoms with van der Waals surface area (Å²) in [5.74, 6) is 0. The molecule has 0 aliphatic heterocycles. The molecule has 0 aromatic carbocycles. The summed E-state index contributed by atoms with van der Waals surface area (Å²) in [5.41, 5.74) is 0.987. The second-order valence-corrected chi connectivity index (χ2v) is 3.63. The average molecular weight is 181 g/mol. The van der Waals surface area contributed by atoms with Gasteiger partial charge in [-0.2, -0.15) is 15.0 Å². The maximum Gasteiger partial charge on any atom is 0.0796 e. The lowest BCUT2D eigenvalue weighted by molar-refractivity contribution is 0.104. The van der Waals surface area contributed by atoms with E-state index >= 15 is 0 Å². The molecule has 1 saturated carbocycles. The Morgan fingerprint density at radius 1 is 1.54 bits per heavy atom. The van der Waals surface area contributed by atoms with Crippen molar-refractivity contribution in [2.75, 3.05) is 7.11 Å². The predicted molar refractivity (Wildman–Crippen MR) is 48.4 cm³/mol. The van der Waals surface area contributed by atoms with E-state index in [0.29, 0.717) is 12.1 Å². The quantitative estimate of drug-likeness (QED) is 0.691. The van der Waals surface area contributed by atoms with E-state index in [4.69, 9.17) is 4.74 Å². The molecule has 1 aromatic heterocycles. The van der Waals surface area contributed by atoms with Crippen molar-refractivity contribution in [1.82, 2.24) is 15.0 Å². The van der Waals surface area contributed by atoms with Crippen molar-refractivity contribution < 1.29 is 4.74 Å². The molecule has 13 heavy (non-hydrogen) atoms. The number of methoxy groups -OCH3 is 1. The van der Waals surface area contributed by atoms with Crippen LogP contribution in [0.15, 0.2) is 6.20 Å². The first-order valence-electron chi connectivity index (χ1n) is 4.71. The third kappa shape index (κ3) is 1.72. The minimum atomic E-state index is 0.399. The standard InChI is InChI=1S/C9H15N3O/c1-7-6-10-12(11-7)8-3-4-9(5-8)13-2/h6,8-9H,3-5H2,1-2H3. The van der Waals surface area contributed by atoms with Crippen molar-refractivity contribution in [3.63, 3.8) is 0 Å². The largest absolute Gasteiger partial charge is 0.381 e. The van der Waals surface area contributed by atoms with Gasteiger partial charge < -0.3 is 4.74 Å². The van der Waals surface area contributed by atoms with Crippen molar-refractivity contribution in [1.29, 1.82) is 0 Å². The molecule has 4 heteroatoms. The Labute approximate surface area is 77.9 Å². The molecular formula is C9H15N3O. The smallest absolute Gasteiger partial charge is 0.0796 e. The molecule has 1 heterocycles. The Bertz CT molecular complexity index is 284. The number of hydrogen-bond donors (Lipinski definition) is 0. The van der Waals surface area contributed by atoms with Gasteiger partial charge in [-0.25, -0.2) is 0 Å².